The Hall–Kier alpha value is -2.81. The lowest BCUT2D eigenvalue weighted by molar-refractivity contribution is 0.0697. The minimum atomic E-state index is -0.905. The maximum atomic E-state index is 10.9. The van der Waals surface area contributed by atoms with Crippen molar-refractivity contribution in [3.63, 3.8) is 0 Å². The number of allylic oxidation sites excluding steroid dienone is 5. The van der Waals surface area contributed by atoms with Crippen molar-refractivity contribution in [3.8, 4) is 11.1 Å². The molecule has 3 heteroatoms. The van der Waals surface area contributed by atoms with Crippen molar-refractivity contribution in [2.75, 3.05) is 0 Å². The van der Waals surface area contributed by atoms with Crippen LogP contribution in [0.2, 0.25) is 0 Å². The Morgan fingerprint density at radius 2 is 1.91 bits per heavy atom. The molecule has 1 heterocycles. The van der Waals surface area contributed by atoms with Crippen LogP contribution < -0.4 is 0 Å². The summed E-state index contributed by atoms with van der Waals surface area (Å²) in [4.78, 5) is 10.9. The van der Waals surface area contributed by atoms with Crippen molar-refractivity contribution >= 4 is 5.97 Å². The van der Waals surface area contributed by atoms with E-state index in [2.05, 4.69) is 30.3 Å². The van der Waals surface area contributed by atoms with Crippen LogP contribution in [0.1, 0.15) is 17.3 Å². The van der Waals surface area contributed by atoms with Crippen molar-refractivity contribution in [1.82, 2.24) is 4.57 Å². The Balaban J connectivity index is 2.11. The molecule has 1 N–H and O–H groups in total. The summed E-state index contributed by atoms with van der Waals surface area (Å²) < 4.78 is 2.11. The summed E-state index contributed by atoms with van der Waals surface area (Å²) in [6, 6.07) is 8.94. The molecule has 0 aliphatic heterocycles. The molecule has 1 aromatic carbocycles. The number of aromatic carboxylic acids is 1. The number of benzene rings is 1. The quantitative estimate of drug-likeness (QED) is 0.794. The van der Waals surface area contributed by atoms with Gasteiger partial charge in [0.25, 0.3) is 0 Å². The van der Waals surface area contributed by atoms with Crippen molar-refractivity contribution in [3.05, 3.63) is 84.7 Å². The highest BCUT2D eigenvalue weighted by Gasteiger charge is 2.04. The van der Waals surface area contributed by atoms with Gasteiger partial charge in [0.1, 0.15) is 0 Å². The van der Waals surface area contributed by atoms with E-state index in [-0.39, 0.29) is 0 Å². The Morgan fingerprint density at radius 1 is 1.18 bits per heavy atom. The van der Waals surface area contributed by atoms with Gasteiger partial charge in [-0.25, -0.2) is 4.79 Å². The molecule has 0 aliphatic carbocycles. The SMILES string of the molecule is C=C/C=C\C=C(\C)Cn1ccc(-c2ccc(C(=O)O)cc2)c1. The van der Waals surface area contributed by atoms with Gasteiger partial charge < -0.3 is 9.67 Å². The number of carbonyl (C=O) groups is 1. The largest absolute Gasteiger partial charge is 0.478 e. The number of hydrogen-bond acceptors (Lipinski definition) is 1. The Labute approximate surface area is 130 Å². The minimum Gasteiger partial charge on any atom is -0.478 e. The average Bonchev–Trinajstić information content (AvgIpc) is 2.96. The van der Waals surface area contributed by atoms with Gasteiger partial charge in [-0.2, -0.15) is 0 Å². The fourth-order valence-corrected chi connectivity index (χ4v) is 2.15. The van der Waals surface area contributed by atoms with Gasteiger partial charge in [0.15, 0.2) is 0 Å². The molecule has 0 bridgehead atoms. The van der Waals surface area contributed by atoms with Crippen LogP contribution in [0.5, 0.6) is 0 Å². The number of carboxylic acids is 1. The van der Waals surface area contributed by atoms with E-state index in [0.717, 1.165) is 17.7 Å². The van der Waals surface area contributed by atoms with Crippen LogP contribution in [-0.4, -0.2) is 15.6 Å². The summed E-state index contributed by atoms with van der Waals surface area (Å²) in [7, 11) is 0. The summed E-state index contributed by atoms with van der Waals surface area (Å²) >= 11 is 0. The molecule has 0 spiro atoms. The van der Waals surface area contributed by atoms with E-state index in [1.165, 1.54) is 5.57 Å². The first-order valence-electron chi connectivity index (χ1n) is 7.04. The predicted octanol–water partition coefficient (Wildman–Crippen LogP) is 4.54. The Morgan fingerprint density at radius 3 is 2.55 bits per heavy atom. The highest BCUT2D eigenvalue weighted by molar-refractivity contribution is 5.88. The standard InChI is InChI=1S/C19H19NO2/c1-3-4-5-6-15(2)13-20-12-11-18(14-20)16-7-9-17(10-8-16)19(21)22/h3-12,14H,1,13H2,2H3,(H,21,22)/b5-4-,15-6-. The molecule has 0 amide bonds. The van der Waals surface area contributed by atoms with Crippen molar-refractivity contribution < 1.29 is 9.90 Å². The zero-order valence-electron chi connectivity index (χ0n) is 12.6. The molecule has 0 unspecified atom stereocenters. The molecule has 1 aromatic heterocycles. The maximum Gasteiger partial charge on any atom is 0.335 e. The Kier molecular flexibility index (Phi) is 5.15. The van der Waals surface area contributed by atoms with Gasteiger partial charge in [-0.1, -0.05) is 48.6 Å². The lowest BCUT2D eigenvalue weighted by atomic mass is 10.1. The van der Waals surface area contributed by atoms with E-state index < -0.39 is 5.97 Å². The second-order valence-electron chi connectivity index (χ2n) is 5.09. The van der Waals surface area contributed by atoms with Gasteiger partial charge >= 0.3 is 5.97 Å². The molecule has 3 nitrogen and oxygen atoms in total. The Bertz CT molecular complexity index is 718. The maximum absolute atomic E-state index is 10.9. The molecule has 112 valence electrons. The van der Waals surface area contributed by atoms with Gasteiger partial charge in [-0.3, -0.25) is 0 Å². The molecule has 0 saturated carbocycles. The fourth-order valence-electron chi connectivity index (χ4n) is 2.15. The third kappa shape index (κ3) is 4.09. The molecule has 2 aromatic rings. The van der Waals surface area contributed by atoms with E-state index in [4.69, 9.17) is 5.11 Å². The van der Waals surface area contributed by atoms with Crippen LogP contribution in [-0.2, 0) is 6.54 Å². The van der Waals surface area contributed by atoms with Crippen LogP contribution in [0.25, 0.3) is 11.1 Å². The highest BCUT2D eigenvalue weighted by atomic mass is 16.4. The van der Waals surface area contributed by atoms with Crippen LogP contribution in [0.3, 0.4) is 0 Å². The number of rotatable bonds is 6. The normalized spacial score (nSPS) is 11.8. The minimum absolute atomic E-state index is 0.302. The summed E-state index contributed by atoms with van der Waals surface area (Å²) in [6.07, 6.45) is 11.8. The lowest BCUT2D eigenvalue weighted by Gasteiger charge is -2.03. The topological polar surface area (TPSA) is 42.2 Å². The van der Waals surface area contributed by atoms with Gasteiger partial charge in [0.05, 0.1) is 5.56 Å². The van der Waals surface area contributed by atoms with E-state index in [1.54, 1.807) is 18.2 Å². The van der Waals surface area contributed by atoms with Crippen molar-refractivity contribution in [2.45, 2.75) is 13.5 Å². The van der Waals surface area contributed by atoms with E-state index in [9.17, 15) is 4.79 Å². The third-order valence-corrected chi connectivity index (χ3v) is 3.28. The highest BCUT2D eigenvalue weighted by Crippen LogP contribution is 2.20. The molecular weight excluding hydrogens is 274 g/mol. The molecule has 0 fully saturated rings. The molecule has 0 radical (unpaired) electrons. The summed E-state index contributed by atoms with van der Waals surface area (Å²) in [6.45, 7) is 6.53. The molecular formula is C19H19NO2. The van der Waals surface area contributed by atoms with Crippen molar-refractivity contribution in [1.29, 1.82) is 0 Å². The first kappa shape index (κ1) is 15.6. The number of nitrogens with zero attached hydrogens (tertiary/aromatic N) is 1. The van der Waals surface area contributed by atoms with Crippen LogP contribution >= 0.6 is 0 Å². The zero-order chi connectivity index (χ0) is 15.9. The van der Waals surface area contributed by atoms with Gasteiger partial charge in [-0.05, 0) is 36.2 Å². The third-order valence-electron chi connectivity index (χ3n) is 3.28. The molecule has 0 aliphatic rings. The smallest absolute Gasteiger partial charge is 0.335 e. The van der Waals surface area contributed by atoms with Gasteiger partial charge in [-0.15, -0.1) is 0 Å². The average molecular weight is 293 g/mol. The molecule has 0 atom stereocenters. The van der Waals surface area contributed by atoms with Crippen molar-refractivity contribution in [2.24, 2.45) is 0 Å². The van der Waals surface area contributed by atoms with Crippen LogP contribution in [0.4, 0.5) is 0 Å². The second kappa shape index (κ2) is 7.27. The summed E-state index contributed by atoms with van der Waals surface area (Å²) in [5.74, 6) is -0.905. The summed E-state index contributed by atoms with van der Waals surface area (Å²) in [5, 5.41) is 8.92. The monoisotopic (exact) mass is 293 g/mol. The molecule has 0 saturated heterocycles. The number of aromatic nitrogens is 1. The van der Waals surface area contributed by atoms with Crippen LogP contribution in [0.15, 0.2) is 79.2 Å². The second-order valence-corrected chi connectivity index (χ2v) is 5.09. The zero-order valence-corrected chi connectivity index (χ0v) is 12.6. The van der Waals surface area contributed by atoms with E-state index in [1.807, 2.05) is 36.5 Å². The predicted molar refractivity (Wildman–Crippen MR) is 89.9 cm³/mol. The van der Waals surface area contributed by atoms with Gasteiger partial charge in [0.2, 0.25) is 0 Å². The van der Waals surface area contributed by atoms with E-state index in [0.29, 0.717) is 5.56 Å². The summed E-state index contributed by atoms with van der Waals surface area (Å²) in [5.41, 5.74) is 3.63. The lowest BCUT2D eigenvalue weighted by Crippen LogP contribution is -1.95. The number of carboxylic acid groups (broad SMARTS) is 1. The first-order valence-corrected chi connectivity index (χ1v) is 7.04. The number of hydrogen-bond donors (Lipinski definition) is 1. The van der Waals surface area contributed by atoms with Gasteiger partial charge in [0, 0.05) is 18.9 Å². The van der Waals surface area contributed by atoms with Crippen LogP contribution in [0, 0.1) is 0 Å². The van der Waals surface area contributed by atoms with E-state index >= 15 is 0 Å². The first-order chi connectivity index (χ1) is 10.6. The molecule has 22 heavy (non-hydrogen) atoms. The molecule has 2 rings (SSSR count). The fraction of sp³-hybridized carbons (Fsp3) is 0.105.